The second kappa shape index (κ2) is 10.9. The maximum atomic E-state index is 13.7. The minimum atomic E-state index is -0.586. The number of ether oxygens (including phenoxy) is 2. The number of benzene rings is 3. The fraction of sp³-hybridized carbons (Fsp3) is 0.111. The van der Waals surface area contributed by atoms with Crippen LogP contribution in [0.3, 0.4) is 0 Å². The van der Waals surface area contributed by atoms with Crippen LogP contribution in [-0.2, 0) is 4.79 Å². The van der Waals surface area contributed by atoms with Gasteiger partial charge in [0.05, 0.1) is 31.3 Å². The number of aromatic nitrogens is 2. The Labute approximate surface area is 217 Å². The van der Waals surface area contributed by atoms with Crippen LogP contribution >= 0.6 is 12.2 Å². The highest BCUT2D eigenvalue weighted by Crippen LogP contribution is 2.30. The first-order chi connectivity index (χ1) is 17.8. The molecule has 1 aromatic heterocycles. The van der Waals surface area contributed by atoms with Gasteiger partial charge in [-0.25, -0.2) is 4.57 Å². The van der Waals surface area contributed by atoms with Gasteiger partial charge in [0.15, 0.2) is 4.77 Å². The number of nitrogens with zero attached hydrogens (tertiary/aromatic N) is 3. The SMILES string of the molecule is COc1ccccc1-n1c(O)c(C=Nc2ccc(NC(C)=O)cc2)c(=O)n(-c2ccccc2OC)c1=S. The molecule has 0 aliphatic rings. The summed E-state index contributed by atoms with van der Waals surface area (Å²) in [6.45, 7) is 1.42. The highest BCUT2D eigenvalue weighted by molar-refractivity contribution is 7.71. The molecule has 0 saturated carbocycles. The molecule has 188 valence electrons. The molecule has 4 rings (SSSR count). The Balaban J connectivity index is 1.96. The molecule has 0 bridgehead atoms. The van der Waals surface area contributed by atoms with Crippen LogP contribution in [0.4, 0.5) is 11.4 Å². The number of hydrogen-bond donors (Lipinski definition) is 2. The summed E-state index contributed by atoms with van der Waals surface area (Å²) >= 11 is 5.71. The molecule has 0 saturated heterocycles. The van der Waals surface area contributed by atoms with E-state index in [-0.39, 0.29) is 16.2 Å². The van der Waals surface area contributed by atoms with Crippen molar-refractivity contribution in [1.82, 2.24) is 9.13 Å². The van der Waals surface area contributed by atoms with E-state index < -0.39 is 11.4 Å². The molecule has 0 aliphatic heterocycles. The Hall–Kier alpha value is -4.70. The Bertz CT molecular complexity index is 1610. The normalized spacial score (nSPS) is 10.9. The van der Waals surface area contributed by atoms with Crippen molar-refractivity contribution in [3.05, 3.63) is 93.5 Å². The summed E-state index contributed by atoms with van der Waals surface area (Å²) in [4.78, 5) is 29.4. The van der Waals surface area contributed by atoms with Crippen molar-refractivity contribution in [2.75, 3.05) is 19.5 Å². The first-order valence-electron chi connectivity index (χ1n) is 11.1. The molecule has 4 aromatic rings. The van der Waals surface area contributed by atoms with Crippen LogP contribution in [-0.4, -0.2) is 40.6 Å². The molecule has 2 N–H and O–H groups in total. The lowest BCUT2D eigenvalue weighted by Crippen LogP contribution is -2.27. The molecule has 0 fully saturated rings. The largest absolute Gasteiger partial charge is 0.495 e. The van der Waals surface area contributed by atoms with Crippen molar-refractivity contribution in [3.63, 3.8) is 0 Å². The van der Waals surface area contributed by atoms with Crippen LogP contribution in [0.1, 0.15) is 12.5 Å². The maximum Gasteiger partial charge on any atom is 0.271 e. The van der Waals surface area contributed by atoms with E-state index in [0.717, 1.165) is 0 Å². The lowest BCUT2D eigenvalue weighted by molar-refractivity contribution is -0.114. The van der Waals surface area contributed by atoms with Crippen LogP contribution in [0.5, 0.6) is 17.4 Å². The van der Waals surface area contributed by atoms with Gasteiger partial charge in [-0.2, -0.15) is 0 Å². The van der Waals surface area contributed by atoms with E-state index in [1.165, 1.54) is 36.5 Å². The van der Waals surface area contributed by atoms with E-state index >= 15 is 0 Å². The van der Waals surface area contributed by atoms with E-state index in [4.69, 9.17) is 21.7 Å². The molecule has 0 aliphatic carbocycles. The smallest absolute Gasteiger partial charge is 0.271 e. The minimum absolute atomic E-state index is 0.00769. The fourth-order valence-electron chi connectivity index (χ4n) is 3.76. The van der Waals surface area contributed by atoms with Crippen molar-refractivity contribution in [2.24, 2.45) is 4.99 Å². The molecule has 1 heterocycles. The zero-order valence-corrected chi connectivity index (χ0v) is 21.2. The van der Waals surface area contributed by atoms with E-state index in [9.17, 15) is 14.7 Å². The number of nitrogens with one attached hydrogen (secondary N) is 1. The van der Waals surface area contributed by atoms with Crippen molar-refractivity contribution >= 4 is 35.7 Å². The molecule has 0 unspecified atom stereocenters. The quantitative estimate of drug-likeness (QED) is 0.270. The summed E-state index contributed by atoms with van der Waals surface area (Å²) in [5.41, 5.74) is 1.26. The Kier molecular flexibility index (Phi) is 7.49. The van der Waals surface area contributed by atoms with Crippen LogP contribution in [0.15, 0.2) is 82.6 Å². The number of hydrogen-bond acceptors (Lipinski definition) is 7. The van der Waals surface area contributed by atoms with Gasteiger partial charge in [-0.05, 0) is 60.7 Å². The minimum Gasteiger partial charge on any atom is -0.495 e. The van der Waals surface area contributed by atoms with Crippen molar-refractivity contribution in [2.45, 2.75) is 6.92 Å². The second-order valence-corrected chi connectivity index (χ2v) is 8.19. The molecule has 0 spiro atoms. The third-order valence-electron chi connectivity index (χ3n) is 5.45. The van der Waals surface area contributed by atoms with Gasteiger partial charge < -0.3 is 19.9 Å². The molecule has 9 nitrogen and oxygen atoms in total. The van der Waals surface area contributed by atoms with Gasteiger partial charge in [-0.15, -0.1) is 0 Å². The fourth-order valence-corrected chi connectivity index (χ4v) is 4.12. The van der Waals surface area contributed by atoms with Gasteiger partial charge >= 0.3 is 0 Å². The molecule has 3 aromatic carbocycles. The summed E-state index contributed by atoms with van der Waals surface area (Å²) in [5, 5.41) is 14.0. The highest BCUT2D eigenvalue weighted by atomic mass is 32.1. The topological polar surface area (TPSA) is 107 Å². The maximum absolute atomic E-state index is 13.7. The van der Waals surface area contributed by atoms with Crippen molar-refractivity contribution < 1.29 is 19.4 Å². The zero-order chi connectivity index (χ0) is 26.5. The van der Waals surface area contributed by atoms with E-state index in [2.05, 4.69) is 10.3 Å². The molecule has 0 radical (unpaired) electrons. The van der Waals surface area contributed by atoms with Crippen LogP contribution in [0.25, 0.3) is 11.4 Å². The number of rotatable bonds is 7. The third-order valence-corrected chi connectivity index (χ3v) is 5.82. The molecule has 1 amide bonds. The van der Waals surface area contributed by atoms with Gasteiger partial charge in [-0.1, -0.05) is 24.3 Å². The van der Waals surface area contributed by atoms with Gasteiger partial charge in [0.2, 0.25) is 11.8 Å². The van der Waals surface area contributed by atoms with E-state index in [1.54, 1.807) is 72.8 Å². The monoisotopic (exact) mass is 516 g/mol. The number of para-hydroxylation sites is 4. The standard InChI is InChI=1S/C27H24N4O5S/c1-17(32)29-19-14-12-18(13-15-19)28-16-20-25(33)30(21-8-4-6-10-23(21)35-2)27(37)31(26(20)34)22-9-5-7-11-24(22)36-3/h4-16,33H,1-3H3,(H,29,32). The summed E-state index contributed by atoms with van der Waals surface area (Å²) in [6.07, 6.45) is 1.28. The molecule has 0 atom stereocenters. The van der Waals surface area contributed by atoms with E-state index in [1.807, 2.05) is 0 Å². The molecular formula is C27H24N4O5S. The van der Waals surface area contributed by atoms with E-state index in [0.29, 0.717) is 34.2 Å². The number of amides is 1. The first-order valence-corrected chi connectivity index (χ1v) is 11.6. The number of carbonyl (C=O) groups excluding carboxylic acids is 1. The first kappa shape index (κ1) is 25.4. The van der Waals surface area contributed by atoms with Crippen molar-refractivity contribution in [1.29, 1.82) is 0 Å². The third kappa shape index (κ3) is 5.14. The van der Waals surface area contributed by atoms with Crippen LogP contribution in [0, 0.1) is 4.77 Å². The second-order valence-electron chi connectivity index (χ2n) is 7.83. The highest BCUT2D eigenvalue weighted by Gasteiger charge is 2.21. The lowest BCUT2D eigenvalue weighted by atomic mass is 10.2. The van der Waals surface area contributed by atoms with Crippen LogP contribution < -0.4 is 20.3 Å². The number of methoxy groups -OCH3 is 2. The number of aliphatic imine (C=N–C) groups is 1. The summed E-state index contributed by atoms with van der Waals surface area (Å²) < 4.78 is 13.6. The summed E-state index contributed by atoms with van der Waals surface area (Å²) in [7, 11) is 3.00. The Morgan fingerprint density at radius 1 is 0.919 bits per heavy atom. The average Bonchev–Trinajstić information content (AvgIpc) is 2.90. The van der Waals surface area contributed by atoms with Gasteiger partial charge in [-0.3, -0.25) is 19.1 Å². The van der Waals surface area contributed by atoms with Gasteiger partial charge in [0.1, 0.15) is 17.1 Å². The zero-order valence-electron chi connectivity index (χ0n) is 20.3. The number of aromatic hydroxyl groups is 1. The Morgan fingerprint density at radius 2 is 1.46 bits per heavy atom. The predicted octanol–water partition coefficient (Wildman–Crippen LogP) is 4.79. The molecular weight excluding hydrogens is 492 g/mol. The summed E-state index contributed by atoms with van der Waals surface area (Å²) in [5.74, 6) is 0.271. The summed E-state index contributed by atoms with van der Waals surface area (Å²) in [6, 6.07) is 20.6. The van der Waals surface area contributed by atoms with Gasteiger partial charge in [0.25, 0.3) is 5.56 Å². The lowest BCUT2D eigenvalue weighted by Gasteiger charge is -2.19. The molecule has 37 heavy (non-hydrogen) atoms. The van der Waals surface area contributed by atoms with Crippen LogP contribution in [0.2, 0.25) is 0 Å². The molecule has 10 heteroatoms. The number of anilines is 1. The van der Waals surface area contributed by atoms with Crippen molar-refractivity contribution in [3.8, 4) is 28.8 Å². The average molecular weight is 517 g/mol. The van der Waals surface area contributed by atoms with Gasteiger partial charge in [0, 0.05) is 18.8 Å². The Morgan fingerprint density at radius 3 is 2.00 bits per heavy atom. The number of carbonyl (C=O) groups is 1. The predicted molar refractivity (Wildman–Crippen MR) is 145 cm³/mol.